The van der Waals surface area contributed by atoms with Crippen LogP contribution in [0.25, 0.3) is 0 Å². The zero-order valence-electron chi connectivity index (χ0n) is 28.4. The van der Waals surface area contributed by atoms with Gasteiger partial charge in [0.15, 0.2) is 0 Å². The number of aryl methyl sites for hydroxylation is 1. The summed E-state index contributed by atoms with van der Waals surface area (Å²) >= 11 is 1.51. The molecule has 0 heterocycles. The summed E-state index contributed by atoms with van der Waals surface area (Å²) in [5, 5.41) is 3.22. The van der Waals surface area contributed by atoms with Gasteiger partial charge in [0.25, 0.3) is 10.0 Å². The predicted octanol–water partition coefficient (Wildman–Crippen LogP) is 7.01. The van der Waals surface area contributed by atoms with Crippen molar-refractivity contribution in [1.29, 1.82) is 0 Å². The molecule has 0 unspecified atom stereocenters. The van der Waals surface area contributed by atoms with E-state index in [4.69, 9.17) is 4.74 Å². The summed E-state index contributed by atoms with van der Waals surface area (Å²) in [7, 11) is -4.26. The molecule has 0 bridgehead atoms. The van der Waals surface area contributed by atoms with Gasteiger partial charge in [-0.3, -0.25) is 13.9 Å². The summed E-state index contributed by atoms with van der Waals surface area (Å²) in [6.45, 7) is 3.69. The van der Waals surface area contributed by atoms with E-state index in [-0.39, 0.29) is 35.5 Å². The number of carbonyl (C=O) groups excluding carboxylic acids is 2. The first-order valence-electron chi connectivity index (χ1n) is 16.8. The van der Waals surface area contributed by atoms with Crippen molar-refractivity contribution in [2.24, 2.45) is 0 Å². The monoisotopic (exact) mass is 699 g/mol. The molecular formula is C39H45N3O5S2. The molecule has 5 rings (SSSR count). The van der Waals surface area contributed by atoms with E-state index >= 15 is 0 Å². The van der Waals surface area contributed by atoms with E-state index in [9.17, 15) is 18.0 Å². The van der Waals surface area contributed by atoms with Crippen LogP contribution in [0.2, 0.25) is 0 Å². The first-order valence-corrected chi connectivity index (χ1v) is 19.4. The molecule has 4 aromatic rings. The summed E-state index contributed by atoms with van der Waals surface area (Å²) in [6.07, 6.45) is 6.07. The van der Waals surface area contributed by atoms with Gasteiger partial charge < -0.3 is 15.0 Å². The number of amides is 2. The van der Waals surface area contributed by atoms with Gasteiger partial charge in [0.2, 0.25) is 11.8 Å². The first kappa shape index (κ1) is 36.0. The fourth-order valence-corrected chi connectivity index (χ4v) is 8.09. The zero-order chi connectivity index (χ0) is 34.8. The van der Waals surface area contributed by atoms with Crippen LogP contribution in [0.3, 0.4) is 0 Å². The van der Waals surface area contributed by atoms with Gasteiger partial charge in [-0.25, -0.2) is 8.42 Å². The molecule has 4 aromatic carbocycles. The first-order chi connectivity index (χ1) is 23.7. The van der Waals surface area contributed by atoms with Crippen LogP contribution in [-0.4, -0.2) is 56.6 Å². The number of thioether (sulfide) groups is 1. The Bertz CT molecular complexity index is 1810. The molecule has 1 aliphatic carbocycles. The minimum atomic E-state index is -4.26. The summed E-state index contributed by atoms with van der Waals surface area (Å²) < 4.78 is 36.0. The van der Waals surface area contributed by atoms with Crippen molar-refractivity contribution in [3.63, 3.8) is 0 Å². The number of ether oxygens (including phenoxy) is 1. The lowest BCUT2D eigenvalue weighted by atomic mass is 10.0. The predicted molar refractivity (Wildman–Crippen MR) is 196 cm³/mol. The summed E-state index contributed by atoms with van der Waals surface area (Å²) in [4.78, 5) is 31.6. The Morgan fingerprint density at radius 2 is 1.57 bits per heavy atom. The fraction of sp³-hybridized carbons (Fsp3) is 0.333. The van der Waals surface area contributed by atoms with Crippen LogP contribution in [-0.2, 0) is 32.6 Å². The van der Waals surface area contributed by atoms with E-state index < -0.39 is 28.5 Å². The quantitative estimate of drug-likeness (QED) is 0.134. The maximum absolute atomic E-state index is 14.8. The Kier molecular flexibility index (Phi) is 12.4. The number of nitrogens with one attached hydrogen (secondary N) is 1. The van der Waals surface area contributed by atoms with E-state index in [0.717, 1.165) is 51.6 Å². The molecule has 8 nitrogen and oxygen atoms in total. The van der Waals surface area contributed by atoms with Crippen LogP contribution < -0.4 is 14.4 Å². The molecule has 49 heavy (non-hydrogen) atoms. The molecule has 1 saturated carbocycles. The van der Waals surface area contributed by atoms with Gasteiger partial charge in [-0.05, 0) is 80.5 Å². The molecule has 1 N–H and O–H groups in total. The van der Waals surface area contributed by atoms with Gasteiger partial charge >= 0.3 is 0 Å². The highest BCUT2D eigenvalue weighted by molar-refractivity contribution is 7.98. The van der Waals surface area contributed by atoms with Gasteiger partial charge in [-0.1, -0.05) is 85.1 Å². The van der Waals surface area contributed by atoms with Gasteiger partial charge in [-0.2, -0.15) is 0 Å². The molecule has 1 atom stereocenters. The second kappa shape index (κ2) is 16.9. The number of sulfonamides is 1. The van der Waals surface area contributed by atoms with Crippen molar-refractivity contribution in [2.75, 3.05) is 23.7 Å². The number of para-hydroxylation sites is 2. The second-order valence-electron chi connectivity index (χ2n) is 12.3. The second-order valence-corrected chi connectivity index (χ2v) is 15.0. The van der Waals surface area contributed by atoms with Crippen molar-refractivity contribution in [2.45, 2.75) is 74.4 Å². The standard InChI is InChI=1S/C39H45N3O5S2/c1-4-47-37-20-11-10-19-35(37)42(49(45,46)34-23-21-33(48-3)22-24-34)28-38(43)41(27-31-16-12-13-29(2)25-31)36(26-30-14-6-5-7-15-30)39(44)40-32-17-8-9-18-32/h5-7,10-16,19-25,32,36H,4,8-9,17-18,26-28H2,1-3H3,(H,40,44)/t36-/m0/s1. The average Bonchev–Trinajstić information content (AvgIpc) is 3.62. The smallest absolute Gasteiger partial charge is 0.264 e. The number of rotatable bonds is 15. The number of nitrogens with zero attached hydrogens (tertiary/aromatic N) is 2. The van der Waals surface area contributed by atoms with E-state index in [0.29, 0.717) is 12.4 Å². The molecule has 1 fully saturated rings. The van der Waals surface area contributed by atoms with Gasteiger partial charge in [0.1, 0.15) is 18.3 Å². The Labute approximate surface area is 294 Å². The van der Waals surface area contributed by atoms with Crippen LogP contribution in [0.15, 0.2) is 113 Å². The molecule has 0 spiro atoms. The van der Waals surface area contributed by atoms with E-state index in [2.05, 4.69) is 5.32 Å². The third-order valence-corrected chi connectivity index (χ3v) is 11.3. The highest BCUT2D eigenvalue weighted by Gasteiger charge is 2.36. The largest absolute Gasteiger partial charge is 0.492 e. The lowest BCUT2D eigenvalue weighted by Crippen LogP contribution is -2.54. The van der Waals surface area contributed by atoms with E-state index in [1.54, 1.807) is 53.4 Å². The maximum Gasteiger partial charge on any atom is 0.264 e. The third-order valence-electron chi connectivity index (χ3n) is 8.77. The average molecular weight is 700 g/mol. The minimum Gasteiger partial charge on any atom is -0.492 e. The molecule has 2 amide bonds. The Morgan fingerprint density at radius 3 is 2.24 bits per heavy atom. The number of carbonyl (C=O) groups is 2. The van der Waals surface area contributed by atoms with E-state index in [1.807, 2.05) is 74.7 Å². The fourth-order valence-electron chi connectivity index (χ4n) is 6.26. The Hall–Kier alpha value is -4.28. The molecule has 1 aliphatic rings. The molecule has 0 saturated heterocycles. The van der Waals surface area contributed by atoms with Crippen LogP contribution in [0.1, 0.15) is 49.3 Å². The molecular weight excluding hydrogens is 655 g/mol. The zero-order valence-corrected chi connectivity index (χ0v) is 30.0. The lowest BCUT2D eigenvalue weighted by molar-refractivity contribution is -0.140. The SMILES string of the molecule is CCOc1ccccc1N(CC(=O)N(Cc1cccc(C)c1)[C@@H](Cc1ccccc1)C(=O)NC1CCCC1)S(=O)(=O)c1ccc(SC)cc1. The summed E-state index contributed by atoms with van der Waals surface area (Å²) in [6, 6.07) is 30.0. The number of benzene rings is 4. The number of hydrogen-bond donors (Lipinski definition) is 1. The number of hydrogen-bond acceptors (Lipinski definition) is 6. The normalized spacial score (nSPS) is 13.9. The molecule has 0 aromatic heterocycles. The molecule has 0 aliphatic heterocycles. The Morgan fingerprint density at radius 1 is 0.898 bits per heavy atom. The summed E-state index contributed by atoms with van der Waals surface area (Å²) in [5.41, 5.74) is 3.01. The van der Waals surface area contributed by atoms with Crippen LogP contribution in [0.5, 0.6) is 5.75 Å². The van der Waals surface area contributed by atoms with Crippen LogP contribution in [0, 0.1) is 6.92 Å². The van der Waals surface area contributed by atoms with E-state index in [1.165, 1.54) is 11.8 Å². The van der Waals surface area contributed by atoms with Crippen molar-refractivity contribution in [3.05, 3.63) is 120 Å². The van der Waals surface area contributed by atoms with Gasteiger partial charge in [-0.15, -0.1) is 11.8 Å². The van der Waals surface area contributed by atoms with Gasteiger partial charge in [0, 0.05) is 23.9 Å². The van der Waals surface area contributed by atoms with Gasteiger partial charge in [0.05, 0.1) is 17.2 Å². The van der Waals surface area contributed by atoms with Crippen molar-refractivity contribution in [3.8, 4) is 5.75 Å². The van der Waals surface area contributed by atoms with Crippen LogP contribution in [0.4, 0.5) is 5.69 Å². The highest BCUT2D eigenvalue weighted by atomic mass is 32.2. The molecule has 258 valence electrons. The number of anilines is 1. The third kappa shape index (κ3) is 9.25. The summed E-state index contributed by atoms with van der Waals surface area (Å²) in [5.74, 6) is -0.402. The lowest BCUT2D eigenvalue weighted by Gasteiger charge is -2.34. The Balaban J connectivity index is 1.59. The maximum atomic E-state index is 14.8. The topological polar surface area (TPSA) is 96.0 Å². The van der Waals surface area contributed by atoms with Crippen molar-refractivity contribution >= 4 is 39.3 Å². The highest BCUT2D eigenvalue weighted by Crippen LogP contribution is 2.33. The van der Waals surface area contributed by atoms with Crippen molar-refractivity contribution in [1.82, 2.24) is 10.2 Å². The molecule has 10 heteroatoms. The minimum absolute atomic E-state index is 0.0425. The molecule has 0 radical (unpaired) electrons. The van der Waals surface area contributed by atoms with Crippen molar-refractivity contribution < 1.29 is 22.7 Å². The van der Waals surface area contributed by atoms with Crippen LogP contribution >= 0.6 is 11.8 Å².